The topological polar surface area (TPSA) is 35.8 Å². The van der Waals surface area contributed by atoms with Crippen molar-refractivity contribution in [2.75, 3.05) is 5.32 Å². The van der Waals surface area contributed by atoms with E-state index in [0.29, 0.717) is 6.04 Å². The Morgan fingerprint density at radius 3 is 2.69 bits per heavy atom. The number of hydrogen-bond acceptors (Lipinski definition) is 2. The Hall–Kier alpha value is -1.49. The number of aryl methyl sites for hydroxylation is 1. The molecule has 1 saturated carbocycles. The van der Waals surface area contributed by atoms with E-state index in [1.807, 2.05) is 12.1 Å². The van der Waals surface area contributed by atoms with Crippen LogP contribution in [0.5, 0.6) is 0 Å². The van der Waals surface area contributed by atoms with Gasteiger partial charge in [-0.05, 0) is 31.4 Å². The van der Waals surface area contributed by atoms with E-state index in [1.54, 1.807) is 0 Å². The highest BCUT2D eigenvalue weighted by Gasteiger charge is 2.15. The van der Waals surface area contributed by atoms with E-state index in [0.717, 1.165) is 11.3 Å². The zero-order chi connectivity index (χ0) is 11.4. The van der Waals surface area contributed by atoms with Gasteiger partial charge < -0.3 is 5.32 Å². The van der Waals surface area contributed by atoms with Crippen LogP contribution < -0.4 is 5.32 Å². The van der Waals surface area contributed by atoms with Gasteiger partial charge in [-0.15, -0.1) is 0 Å². The average molecular weight is 214 g/mol. The van der Waals surface area contributed by atoms with Gasteiger partial charge in [0.15, 0.2) is 0 Å². The van der Waals surface area contributed by atoms with Crippen LogP contribution in [0.15, 0.2) is 18.2 Å². The zero-order valence-corrected chi connectivity index (χ0v) is 9.79. The van der Waals surface area contributed by atoms with E-state index in [1.165, 1.54) is 37.7 Å². The normalized spacial score (nSPS) is 16.8. The molecule has 0 unspecified atom stereocenters. The SMILES string of the molecule is Cc1cccc(C#N)c1NC1CCCCC1. The molecule has 1 aliphatic rings. The number of anilines is 1. The van der Waals surface area contributed by atoms with Crippen LogP contribution in [0.3, 0.4) is 0 Å². The Morgan fingerprint density at radius 2 is 2.00 bits per heavy atom. The molecular weight excluding hydrogens is 196 g/mol. The molecule has 2 nitrogen and oxygen atoms in total. The fourth-order valence-corrected chi connectivity index (χ4v) is 2.40. The molecule has 0 spiro atoms. The van der Waals surface area contributed by atoms with Crippen molar-refractivity contribution < 1.29 is 0 Å². The highest BCUT2D eigenvalue weighted by atomic mass is 14.9. The van der Waals surface area contributed by atoms with Gasteiger partial charge in [-0.3, -0.25) is 0 Å². The van der Waals surface area contributed by atoms with Crippen LogP contribution in [0.4, 0.5) is 5.69 Å². The van der Waals surface area contributed by atoms with Crippen molar-refractivity contribution in [3.05, 3.63) is 29.3 Å². The largest absolute Gasteiger partial charge is 0.381 e. The second kappa shape index (κ2) is 5.03. The highest BCUT2D eigenvalue weighted by molar-refractivity contribution is 5.62. The maximum atomic E-state index is 9.08. The van der Waals surface area contributed by atoms with Crippen LogP contribution in [0.2, 0.25) is 0 Å². The smallest absolute Gasteiger partial charge is 0.101 e. The average Bonchev–Trinajstić information content (AvgIpc) is 2.33. The number of rotatable bonds is 2. The predicted molar refractivity (Wildman–Crippen MR) is 66.4 cm³/mol. The molecule has 0 aromatic heterocycles. The predicted octanol–water partition coefficient (Wildman–Crippen LogP) is 3.61. The van der Waals surface area contributed by atoms with Crippen LogP contribution in [0, 0.1) is 18.3 Å². The maximum Gasteiger partial charge on any atom is 0.101 e. The van der Waals surface area contributed by atoms with Crippen LogP contribution in [-0.2, 0) is 0 Å². The molecule has 0 radical (unpaired) electrons. The number of nitrogens with one attached hydrogen (secondary N) is 1. The van der Waals surface area contributed by atoms with Crippen molar-refractivity contribution in [1.29, 1.82) is 5.26 Å². The third-order valence-corrected chi connectivity index (χ3v) is 3.35. The van der Waals surface area contributed by atoms with Crippen molar-refractivity contribution in [3.8, 4) is 6.07 Å². The minimum Gasteiger partial charge on any atom is -0.381 e. The minimum atomic E-state index is 0.557. The number of para-hydroxylation sites is 1. The minimum absolute atomic E-state index is 0.557. The summed E-state index contributed by atoms with van der Waals surface area (Å²) in [5.74, 6) is 0. The molecule has 1 aliphatic carbocycles. The second-order valence-corrected chi connectivity index (χ2v) is 4.59. The standard InChI is InChI=1S/C14H18N2/c1-11-6-5-7-12(10-15)14(11)16-13-8-3-2-4-9-13/h5-7,13,16H,2-4,8-9H2,1H3. The molecular formula is C14H18N2. The number of benzene rings is 1. The highest BCUT2D eigenvalue weighted by Crippen LogP contribution is 2.25. The molecule has 1 N–H and O–H groups in total. The van der Waals surface area contributed by atoms with Gasteiger partial charge in [0.05, 0.1) is 11.3 Å². The number of nitriles is 1. The van der Waals surface area contributed by atoms with Gasteiger partial charge in [0.25, 0.3) is 0 Å². The van der Waals surface area contributed by atoms with Gasteiger partial charge in [-0.2, -0.15) is 5.26 Å². The summed E-state index contributed by atoms with van der Waals surface area (Å²) in [6.07, 6.45) is 6.45. The van der Waals surface area contributed by atoms with Gasteiger partial charge in [-0.25, -0.2) is 0 Å². The Morgan fingerprint density at radius 1 is 1.25 bits per heavy atom. The summed E-state index contributed by atoms with van der Waals surface area (Å²) in [5, 5.41) is 12.6. The van der Waals surface area contributed by atoms with Crippen molar-refractivity contribution in [1.82, 2.24) is 0 Å². The van der Waals surface area contributed by atoms with E-state index in [9.17, 15) is 0 Å². The number of hydrogen-bond donors (Lipinski definition) is 1. The third-order valence-electron chi connectivity index (χ3n) is 3.35. The van der Waals surface area contributed by atoms with Crippen LogP contribution in [0.1, 0.15) is 43.2 Å². The Balaban J connectivity index is 2.16. The van der Waals surface area contributed by atoms with Gasteiger partial charge >= 0.3 is 0 Å². The molecule has 16 heavy (non-hydrogen) atoms. The first kappa shape index (κ1) is 11.0. The van der Waals surface area contributed by atoms with Gasteiger partial charge in [0.1, 0.15) is 6.07 Å². The van der Waals surface area contributed by atoms with E-state index >= 15 is 0 Å². The van der Waals surface area contributed by atoms with Gasteiger partial charge in [0.2, 0.25) is 0 Å². The van der Waals surface area contributed by atoms with Crippen molar-refractivity contribution in [2.24, 2.45) is 0 Å². The molecule has 0 atom stereocenters. The van der Waals surface area contributed by atoms with Crippen LogP contribution in [0.25, 0.3) is 0 Å². The van der Waals surface area contributed by atoms with Gasteiger partial charge in [-0.1, -0.05) is 31.4 Å². The molecule has 0 amide bonds. The van der Waals surface area contributed by atoms with Crippen molar-refractivity contribution in [3.63, 3.8) is 0 Å². The van der Waals surface area contributed by atoms with Crippen LogP contribution in [-0.4, -0.2) is 6.04 Å². The quantitative estimate of drug-likeness (QED) is 0.816. The van der Waals surface area contributed by atoms with E-state index in [-0.39, 0.29) is 0 Å². The van der Waals surface area contributed by atoms with Crippen molar-refractivity contribution >= 4 is 5.69 Å². The first-order valence-electron chi connectivity index (χ1n) is 6.07. The summed E-state index contributed by atoms with van der Waals surface area (Å²) in [5.41, 5.74) is 2.98. The fourth-order valence-electron chi connectivity index (χ4n) is 2.40. The van der Waals surface area contributed by atoms with Crippen LogP contribution >= 0.6 is 0 Å². The molecule has 1 aromatic carbocycles. The molecule has 84 valence electrons. The monoisotopic (exact) mass is 214 g/mol. The molecule has 0 bridgehead atoms. The molecule has 0 aliphatic heterocycles. The summed E-state index contributed by atoms with van der Waals surface area (Å²) in [6, 6.07) is 8.71. The summed E-state index contributed by atoms with van der Waals surface area (Å²) >= 11 is 0. The molecule has 2 heteroatoms. The molecule has 2 rings (SSSR count). The summed E-state index contributed by atoms with van der Waals surface area (Å²) in [4.78, 5) is 0. The maximum absolute atomic E-state index is 9.08. The Kier molecular flexibility index (Phi) is 3.46. The van der Waals surface area contributed by atoms with E-state index in [4.69, 9.17) is 5.26 Å². The molecule has 0 saturated heterocycles. The van der Waals surface area contributed by atoms with Crippen molar-refractivity contribution in [2.45, 2.75) is 45.1 Å². The van der Waals surface area contributed by atoms with E-state index in [2.05, 4.69) is 24.4 Å². The summed E-state index contributed by atoms with van der Waals surface area (Å²) < 4.78 is 0. The fraction of sp³-hybridized carbons (Fsp3) is 0.500. The first-order valence-corrected chi connectivity index (χ1v) is 6.07. The number of nitrogens with zero attached hydrogens (tertiary/aromatic N) is 1. The van der Waals surface area contributed by atoms with Gasteiger partial charge in [0, 0.05) is 6.04 Å². The summed E-state index contributed by atoms with van der Waals surface area (Å²) in [6.45, 7) is 2.06. The molecule has 1 aromatic rings. The third kappa shape index (κ3) is 2.36. The lowest BCUT2D eigenvalue weighted by atomic mass is 9.94. The summed E-state index contributed by atoms with van der Waals surface area (Å²) in [7, 11) is 0. The second-order valence-electron chi connectivity index (χ2n) is 4.59. The Labute approximate surface area is 97.3 Å². The lowest BCUT2D eigenvalue weighted by Gasteiger charge is -2.25. The van der Waals surface area contributed by atoms with E-state index < -0.39 is 0 Å². The lowest BCUT2D eigenvalue weighted by Crippen LogP contribution is -2.23. The zero-order valence-electron chi connectivity index (χ0n) is 9.79. The molecule has 0 heterocycles. The lowest BCUT2D eigenvalue weighted by molar-refractivity contribution is 0.462. The Bertz CT molecular complexity index is 398. The first-order chi connectivity index (χ1) is 7.81. The molecule has 1 fully saturated rings.